The molecule has 0 aliphatic rings. The number of amides is 1. The molecule has 0 fully saturated rings. The van der Waals surface area contributed by atoms with Gasteiger partial charge in [0.15, 0.2) is 0 Å². The predicted octanol–water partition coefficient (Wildman–Crippen LogP) is -0.585. The molecule has 0 aliphatic heterocycles. The molecule has 5 heteroatoms. The van der Waals surface area contributed by atoms with Gasteiger partial charge in [-0.15, -0.1) is 0 Å². The number of aryl methyl sites for hydroxylation is 2. The molecule has 70 valence electrons. The Morgan fingerprint density at radius 1 is 1.54 bits per heavy atom. The van der Waals surface area contributed by atoms with Crippen LogP contribution in [0.25, 0.3) is 0 Å². The van der Waals surface area contributed by atoms with Crippen LogP contribution in [0.15, 0.2) is 4.79 Å². The highest BCUT2D eigenvalue weighted by atomic mass is 16.1. The minimum absolute atomic E-state index is 0.113. The molecule has 1 heterocycles. The zero-order valence-electron chi connectivity index (χ0n) is 7.55. The second-order valence-corrected chi connectivity index (χ2v) is 2.87. The highest BCUT2D eigenvalue weighted by Gasteiger charge is 2.07. The van der Waals surface area contributed by atoms with E-state index >= 15 is 0 Å². The van der Waals surface area contributed by atoms with Crippen LogP contribution in [0.2, 0.25) is 0 Å². The maximum absolute atomic E-state index is 10.9. The summed E-state index contributed by atoms with van der Waals surface area (Å²) in [4.78, 5) is 27.7. The van der Waals surface area contributed by atoms with Gasteiger partial charge < -0.3 is 10.7 Å². The first kappa shape index (κ1) is 9.44. The number of carbonyl (C=O) groups is 1. The zero-order chi connectivity index (χ0) is 10.0. The van der Waals surface area contributed by atoms with Crippen LogP contribution in [-0.2, 0) is 11.2 Å². The van der Waals surface area contributed by atoms with Crippen LogP contribution in [0, 0.1) is 13.8 Å². The molecule has 3 N–H and O–H groups in total. The second kappa shape index (κ2) is 3.38. The lowest BCUT2D eigenvalue weighted by atomic mass is 10.1. The number of nitrogens with zero attached hydrogens (tertiary/aromatic N) is 1. The molecule has 1 aromatic rings. The molecular weight excluding hydrogens is 170 g/mol. The van der Waals surface area contributed by atoms with Gasteiger partial charge in [-0.05, 0) is 13.8 Å². The summed E-state index contributed by atoms with van der Waals surface area (Å²) < 4.78 is 0. The van der Waals surface area contributed by atoms with Crippen LogP contribution in [0.1, 0.15) is 17.0 Å². The Labute approximate surface area is 75.0 Å². The van der Waals surface area contributed by atoms with E-state index in [4.69, 9.17) is 5.73 Å². The van der Waals surface area contributed by atoms with Crippen molar-refractivity contribution in [1.82, 2.24) is 9.97 Å². The zero-order valence-corrected chi connectivity index (χ0v) is 7.55. The van der Waals surface area contributed by atoms with E-state index in [1.54, 1.807) is 13.8 Å². The Hall–Kier alpha value is -1.65. The van der Waals surface area contributed by atoms with E-state index in [2.05, 4.69) is 9.97 Å². The van der Waals surface area contributed by atoms with E-state index in [-0.39, 0.29) is 6.42 Å². The smallest absolute Gasteiger partial charge is 0.345 e. The summed E-state index contributed by atoms with van der Waals surface area (Å²) in [5, 5.41) is 0. The summed E-state index contributed by atoms with van der Waals surface area (Å²) >= 11 is 0. The van der Waals surface area contributed by atoms with Crippen molar-refractivity contribution in [3.63, 3.8) is 0 Å². The van der Waals surface area contributed by atoms with E-state index < -0.39 is 11.6 Å². The summed E-state index contributed by atoms with van der Waals surface area (Å²) in [6.45, 7) is 3.40. The van der Waals surface area contributed by atoms with Crippen molar-refractivity contribution >= 4 is 5.91 Å². The Kier molecular flexibility index (Phi) is 2.46. The minimum Gasteiger partial charge on any atom is -0.369 e. The Morgan fingerprint density at radius 2 is 2.15 bits per heavy atom. The van der Waals surface area contributed by atoms with Crippen molar-refractivity contribution in [2.45, 2.75) is 20.3 Å². The minimum atomic E-state index is -0.431. The van der Waals surface area contributed by atoms with Crippen molar-refractivity contribution in [3.8, 4) is 0 Å². The van der Waals surface area contributed by atoms with Crippen LogP contribution in [0.4, 0.5) is 0 Å². The fraction of sp³-hybridized carbons (Fsp3) is 0.375. The van der Waals surface area contributed by atoms with Gasteiger partial charge in [0, 0.05) is 17.0 Å². The molecule has 1 aromatic heterocycles. The van der Waals surface area contributed by atoms with Gasteiger partial charge in [0.2, 0.25) is 5.91 Å². The first-order chi connectivity index (χ1) is 6.00. The van der Waals surface area contributed by atoms with Crippen LogP contribution in [-0.4, -0.2) is 15.9 Å². The van der Waals surface area contributed by atoms with Crippen LogP contribution in [0.3, 0.4) is 0 Å². The van der Waals surface area contributed by atoms with Gasteiger partial charge in [-0.1, -0.05) is 0 Å². The SMILES string of the molecule is Cc1nc(=O)[nH]c(C)c1CC(N)=O. The molecule has 5 nitrogen and oxygen atoms in total. The number of rotatable bonds is 2. The van der Waals surface area contributed by atoms with Crippen molar-refractivity contribution < 1.29 is 4.79 Å². The molecule has 0 saturated heterocycles. The lowest BCUT2D eigenvalue weighted by molar-refractivity contribution is -0.117. The van der Waals surface area contributed by atoms with E-state index in [9.17, 15) is 9.59 Å². The molecule has 0 unspecified atom stereocenters. The number of carbonyl (C=O) groups excluding carboxylic acids is 1. The summed E-state index contributed by atoms with van der Waals surface area (Å²) in [5.41, 5.74) is 6.55. The third-order valence-electron chi connectivity index (χ3n) is 1.80. The molecule has 0 radical (unpaired) electrons. The first-order valence-corrected chi connectivity index (χ1v) is 3.85. The van der Waals surface area contributed by atoms with Crippen LogP contribution >= 0.6 is 0 Å². The normalized spacial score (nSPS) is 10.0. The number of nitrogens with one attached hydrogen (secondary N) is 1. The quantitative estimate of drug-likeness (QED) is 0.639. The second-order valence-electron chi connectivity index (χ2n) is 2.87. The summed E-state index contributed by atoms with van der Waals surface area (Å²) in [6, 6.07) is 0. The van der Waals surface area contributed by atoms with Crippen molar-refractivity contribution in [2.75, 3.05) is 0 Å². The first-order valence-electron chi connectivity index (χ1n) is 3.85. The van der Waals surface area contributed by atoms with E-state index in [1.807, 2.05) is 0 Å². The number of primary amides is 1. The molecule has 0 aliphatic carbocycles. The molecule has 13 heavy (non-hydrogen) atoms. The van der Waals surface area contributed by atoms with Gasteiger partial charge in [-0.25, -0.2) is 4.79 Å². The molecular formula is C8H11N3O2. The highest BCUT2D eigenvalue weighted by Crippen LogP contribution is 2.06. The average molecular weight is 181 g/mol. The summed E-state index contributed by atoms with van der Waals surface area (Å²) in [7, 11) is 0. The van der Waals surface area contributed by atoms with E-state index in [0.29, 0.717) is 17.0 Å². The van der Waals surface area contributed by atoms with Crippen LogP contribution in [0.5, 0.6) is 0 Å². The number of aromatic nitrogens is 2. The number of hydrogen-bond donors (Lipinski definition) is 2. The molecule has 0 aromatic carbocycles. The number of H-pyrrole nitrogens is 1. The Morgan fingerprint density at radius 3 is 2.62 bits per heavy atom. The fourth-order valence-corrected chi connectivity index (χ4v) is 1.19. The predicted molar refractivity (Wildman–Crippen MR) is 47.2 cm³/mol. The molecule has 0 bridgehead atoms. The molecule has 0 saturated carbocycles. The third kappa shape index (κ3) is 2.14. The van der Waals surface area contributed by atoms with Gasteiger partial charge in [-0.3, -0.25) is 4.79 Å². The standard InChI is InChI=1S/C8H11N3O2/c1-4-6(3-7(9)12)5(2)11-8(13)10-4/h3H2,1-2H3,(H2,9,12)(H,10,11,13). The van der Waals surface area contributed by atoms with Crippen LogP contribution < -0.4 is 11.4 Å². The average Bonchev–Trinajstić information content (AvgIpc) is 1.96. The lowest BCUT2D eigenvalue weighted by Gasteiger charge is -2.04. The van der Waals surface area contributed by atoms with Crippen molar-refractivity contribution in [3.05, 3.63) is 27.4 Å². The lowest BCUT2D eigenvalue weighted by Crippen LogP contribution is -2.21. The molecule has 1 amide bonds. The summed E-state index contributed by atoms with van der Waals surface area (Å²) in [6.07, 6.45) is 0.113. The number of hydrogen-bond acceptors (Lipinski definition) is 3. The van der Waals surface area contributed by atoms with E-state index in [1.165, 1.54) is 0 Å². The maximum atomic E-state index is 10.9. The molecule has 0 spiro atoms. The summed E-state index contributed by atoms with van der Waals surface area (Å²) in [5.74, 6) is -0.431. The largest absolute Gasteiger partial charge is 0.369 e. The Balaban J connectivity index is 3.20. The topological polar surface area (TPSA) is 88.8 Å². The van der Waals surface area contributed by atoms with Gasteiger partial charge in [0.1, 0.15) is 0 Å². The van der Waals surface area contributed by atoms with Crippen molar-refractivity contribution in [2.24, 2.45) is 5.73 Å². The highest BCUT2D eigenvalue weighted by molar-refractivity contribution is 5.77. The third-order valence-corrected chi connectivity index (χ3v) is 1.80. The molecule has 1 rings (SSSR count). The van der Waals surface area contributed by atoms with Gasteiger partial charge in [0.05, 0.1) is 6.42 Å². The maximum Gasteiger partial charge on any atom is 0.345 e. The monoisotopic (exact) mass is 181 g/mol. The number of nitrogens with two attached hydrogens (primary N) is 1. The fourth-order valence-electron chi connectivity index (χ4n) is 1.19. The van der Waals surface area contributed by atoms with Crippen molar-refractivity contribution in [1.29, 1.82) is 0 Å². The van der Waals surface area contributed by atoms with Gasteiger partial charge in [0.25, 0.3) is 0 Å². The van der Waals surface area contributed by atoms with Gasteiger partial charge >= 0.3 is 5.69 Å². The molecule has 0 atom stereocenters. The number of aromatic amines is 1. The Bertz CT molecular complexity index is 369. The van der Waals surface area contributed by atoms with E-state index in [0.717, 1.165) is 0 Å². The van der Waals surface area contributed by atoms with Gasteiger partial charge in [-0.2, -0.15) is 4.98 Å².